The molecule has 1 spiro atoms. The molecule has 0 N–H and O–H groups in total. The molecular formula is C20H30N4O4. The highest BCUT2D eigenvalue weighted by Crippen LogP contribution is 2.39. The average molecular weight is 390 g/mol. The lowest BCUT2D eigenvalue weighted by molar-refractivity contribution is -0.135. The molecule has 0 aromatic carbocycles. The largest absolute Gasteiger partial charge is 0.432 e. The molecule has 154 valence electrons. The molecule has 1 aromatic heterocycles. The van der Waals surface area contributed by atoms with Crippen molar-refractivity contribution in [2.75, 3.05) is 44.3 Å². The van der Waals surface area contributed by atoms with E-state index in [0.717, 1.165) is 19.4 Å². The molecule has 0 bridgehead atoms. The number of carbonyl (C=O) groups is 2. The smallest absolute Gasteiger partial charge is 0.327 e. The zero-order chi connectivity index (χ0) is 19.7. The Hall–Kier alpha value is -2.09. The average Bonchev–Trinajstić information content (AvgIpc) is 3.29. The molecule has 3 amide bonds. The minimum absolute atomic E-state index is 0.0317. The second-order valence-electron chi connectivity index (χ2n) is 8.62. The van der Waals surface area contributed by atoms with E-state index in [1.54, 1.807) is 12.5 Å². The minimum atomic E-state index is -0.736. The highest BCUT2D eigenvalue weighted by molar-refractivity contribution is 6.07. The van der Waals surface area contributed by atoms with E-state index in [-0.39, 0.29) is 17.9 Å². The Morgan fingerprint density at radius 1 is 1.29 bits per heavy atom. The number of hydrogen-bond donors (Lipinski definition) is 0. The summed E-state index contributed by atoms with van der Waals surface area (Å²) in [4.78, 5) is 36.4. The fourth-order valence-corrected chi connectivity index (χ4v) is 4.69. The lowest BCUT2D eigenvalue weighted by Crippen LogP contribution is -2.57. The molecular weight excluding hydrogens is 360 g/mol. The standard InChI is InChI=1S/C20H30N4O4/c1-15(2)12-24-19(26)23(13-16-4-3-10-27-14-16)17(25)20(24)5-8-22(9-6-20)18-21-7-11-28-18/h7,11,15-16H,3-6,8-10,12-14H2,1-2H3. The van der Waals surface area contributed by atoms with Gasteiger partial charge in [0.1, 0.15) is 11.8 Å². The maximum atomic E-state index is 13.5. The Kier molecular flexibility index (Phi) is 5.31. The van der Waals surface area contributed by atoms with Crippen LogP contribution in [0.5, 0.6) is 0 Å². The third-order valence-electron chi connectivity index (χ3n) is 6.15. The van der Waals surface area contributed by atoms with Crippen LogP contribution in [0.2, 0.25) is 0 Å². The molecule has 3 saturated heterocycles. The van der Waals surface area contributed by atoms with Crippen LogP contribution in [0.4, 0.5) is 10.8 Å². The van der Waals surface area contributed by atoms with Crippen molar-refractivity contribution >= 4 is 18.0 Å². The minimum Gasteiger partial charge on any atom is -0.432 e. The van der Waals surface area contributed by atoms with Crippen LogP contribution in [0.3, 0.4) is 0 Å². The van der Waals surface area contributed by atoms with Crippen LogP contribution < -0.4 is 4.90 Å². The van der Waals surface area contributed by atoms with E-state index >= 15 is 0 Å². The summed E-state index contributed by atoms with van der Waals surface area (Å²) in [5.41, 5.74) is -0.736. The molecule has 0 aliphatic carbocycles. The third-order valence-corrected chi connectivity index (χ3v) is 6.15. The van der Waals surface area contributed by atoms with Crippen molar-refractivity contribution in [3.05, 3.63) is 12.5 Å². The first kappa shape index (κ1) is 19.2. The van der Waals surface area contributed by atoms with Gasteiger partial charge in [-0.2, -0.15) is 0 Å². The Balaban J connectivity index is 1.53. The summed E-state index contributed by atoms with van der Waals surface area (Å²) in [5.74, 6) is 0.511. The summed E-state index contributed by atoms with van der Waals surface area (Å²) in [6.07, 6.45) is 6.39. The molecule has 1 aromatic rings. The van der Waals surface area contributed by atoms with E-state index in [0.29, 0.717) is 57.6 Å². The van der Waals surface area contributed by atoms with Crippen LogP contribution in [0.15, 0.2) is 16.9 Å². The van der Waals surface area contributed by atoms with Crippen molar-refractivity contribution in [1.29, 1.82) is 0 Å². The first-order valence-electron chi connectivity index (χ1n) is 10.4. The summed E-state index contributed by atoms with van der Waals surface area (Å²) in [6.45, 7) is 7.95. The molecule has 0 radical (unpaired) electrons. The fraction of sp³-hybridized carbons (Fsp3) is 0.750. The third kappa shape index (κ3) is 3.38. The Bertz CT molecular complexity index is 691. The lowest BCUT2D eigenvalue weighted by atomic mass is 9.85. The number of piperidine rings is 1. The summed E-state index contributed by atoms with van der Waals surface area (Å²) < 4.78 is 11.0. The number of anilines is 1. The quantitative estimate of drug-likeness (QED) is 0.718. The van der Waals surface area contributed by atoms with E-state index in [9.17, 15) is 9.59 Å². The van der Waals surface area contributed by atoms with Gasteiger partial charge >= 0.3 is 6.03 Å². The predicted octanol–water partition coefficient (Wildman–Crippen LogP) is 2.36. The molecule has 8 nitrogen and oxygen atoms in total. The molecule has 28 heavy (non-hydrogen) atoms. The fourth-order valence-electron chi connectivity index (χ4n) is 4.69. The molecule has 3 fully saturated rings. The Morgan fingerprint density at radius 3 is 2.68 bits per heavy atom. The van der Waals surface area contributed by atoms with Gasteiger partial charge in [0.05, 0.1) is 12.8 Å². The second kappa shape index (κ2) is 7.73. The number of hydrogen-bond acceptors (Lipinski definition) is 6. The number of carbonyl (C=O) groups excluding carboxylic acids is 2. The Labute approximate surface area is 165 Å². The maximum Gasteiger partial charge on any atom is 0.327 e. The number of rotatable bonds is 5. The zero-order valence-electron chi connectivity index (χ0n) is 16.8. The van der Waals surface area contributed by atoms with Crippen molar-refractivity contribution < 1.29 is 18.7 Å². The number of oxazole rings is 1. The van der Waals surface area contributed by atoms with Gasteiger partial charge in [-0.15, -0.1) is 0 Å². The van der Waals surface area contributed by atoms with Crippen LogP contribution in [-0.2, 0) is 9.53 Å². The molecule has 4 rings (SSSR count). The van der Waals surface area contributed by atoms with E-state index in [1.807, 2.05) is 9.80 Å². The molecule has 1 atom stereocenters. The number of urea groups is 1. The van der Waals surface area contributed by atoms with E-state index < -0.39 is 5.54 Å². The van der Waals surface area contributed by atoms with Crippen molar-refractivity contribution in [2.24, 2.45) is 11.8 Å². The molecule has 3 aliphatic rings. The summed E-state index contributed by atoms with van der Waals surface area (Å²) in [6, 6.07) is 0.451. The monoisotopic (exact) mass is 390 g/mol. The molecule has 4 heterocycles. The summed E-state index contributed by atoms with van der Waals surface area (Å²) in [5, 5.41) is 0. The van der Waals surface area contributed by atoms with Gasteiger partial charge in [0.2, 0.25) is 0 Å². The van der Waals surface area contributed by atoms with Crippen LogP contribution in [-0.4, -0.2) is 71.7 Å². The summed E-state index contributed by atoms with van der Waals surface area (Å²) in [7, 11) is 0. The summed E-state index contributed by atoms with van der Waals surface area (Å²) >= 11 is 0. The highest BCUT2D eigenvalue weighted by Gasteiger charge is 2.58. The van der Waals surface area contributed by atoms with E-state index in [4.69, 9.17) is 9.15 Å². The number of imide groups is 1. The van der Waals surface area contributed by atoms with Gasteiger partial charge in [-0.1, -0.05) is 13.8 Å². The van der Waals surface area contributed by atoms with Gasteiger partial charge in [-0.25, -0.2) is 9.78 Å². The van der Waals surface area contributed by atoms with E-state index in [2.05, 4.69) is 18.8 Å². The molecule has 1 unspecified atom stereocenters. The second-order valence-corrected chi connectivity index (χ2v) is 8.62. The van der Waals surface area contributed by atoms with Crippen molar-refractivity contribution in [3.63, 3.8) is 0 Å². The van der Waals surface area contributed by atoms with E-state index in [1.165, 1.54) is 4.90 Å². The van der Waals surface area contributed by atoms with Crippen LogP contribution in [0.1, 0.15) is 39.5 Å². The normalized spacial score (nSPS) is 25.4. The number of amides is 3. The maximum absolute atomic E-state index is 13.5. The van der Waals surface area contributed by atoms with Crippen LogP contribution in [0, 0.1) is 11.8 Å². The van der Waals surface area contributed by atoms with Crippen molar-refractivity contribution in [3.8, 4) is 0 Å². The van der Waals surface area contributed by atoms with Crippen LogP contribution >= 0.6 is 0 Å². The van der Waals surface area contributed by atoms with Gasteiger partial charge in [0.15, 0.2) is 0 Å². The molecule has 3 aliphatic heterocycles. The van der Waals surface area contributed by atoms with Crippen molar-refractivity contribution in [1.82, 2.24) is 14.8 Å². The Morgan fingerprint density at radius 2 is 2.07 bits per heavy atom. The van der Waals surface area contributed by atoms with Crippen LogP contribution in [0.25, 0.3) is 0 Å². The van der Waals surface area contributed by atoms with Gasteiger partial charge in [0.25, 0.3) is 11.9 Å². The number of nitrogens with zero attached hydrogens (tertiary/aromatic N) is 4. The lowest BCUT2D eigenvalue weighted by Gasteiger charge is -2.42. The first-order valence-corrected chi connectivity index (χ1v) is 10.4. The molecule has 0 saturated carbocycles. The SMILES string of the molecule is CC(C)CN1C(=O)N(CC2CCCOC2)C(=O)C12CCN(c1ncco1)CC2. The first-order chi connectivity index (χ1) is 13.5. The number of aromatic nitrogens is 1. The highest BCUT2D eigenvalue weighted by atomic mass is 16.5. The predicted molar refractivity (Wildman–Crippen MR) is 103 cm³/mol. The van der Waals surface area contributed by atoms with Crippen molar-refractivity contribution in [2.45, 2.75) is 45.1 Å². The molecule has 8 heteroatoms. The topological polar surface area (TPSA) is 79.1 Å². The van der Waals surface area contributed by atoms with Gasteiger partial charge < -0.3 is 19.0 Å². The zero-order valence-corrected chi connectivity index (χ0v) is 16.8. The van der Waals surface area contributed by atoms with Gasteiger partial charge in [-0.3, -0.25) is 9.69 Å². The van der Waals surface area contributed by atoms with Gasteiger partial charge in [-0.05, 0) is 31.6 Å². The number of ether oxygens (including phenoxy) is 1. The van der Waals surface area contributed by atoms with Gasteiger partial charge in [0, 0.05) is 38.7 Å².